The van der Waals surface area contributed by atoms with Gasteiger partial charge in [0.05, 0.1) is 5.97 Å². The van der Waals surface area contributed by atoms with Gasteiger partial charge in [-0.3, -0.25) is 4.79 Å². The fourth-order valence-electron chi connectivity index (χ4n) is 2.44. The molecule has 0 bridgehead atoms. The van der Waals surface area contributed by atoms with E-state index >= 15 is 0 Å². The number of carbonyl (C=O) groups is 2. The molecule has 1 N–H and O–H groups in total. The van der Waals surface area contributed by atoms with E-state index in [1.807, 2.05) is 43.3 Å². The number of hydrogen-bond donors (Lipinski definition) is 1. The fourth-order valence-corrected chi connectivity index (χ4v) is 3.40. The normalized spacial score (nSPS) is 10.4. The van der Waals surface area contributed by atoms with E-state index in [0.717, 1.165) is 11.1 Å². The first-order valence-corrected chi connectivity index (χ1v) is 8.20. The molecule has 24 heavy (non-hydrogen) atoms. The third-order valence-electron chi connectivity index (χ3n) is 3.59. The number of amides is 1. The molecule has 0 spiro atoms. The summed E-state index contributed by atoms with van der Waals surface area (Å²) in [6, 6.07) is 16.3. The molecule has 1 heterocycles. The second-order valence-corrected chi connectivity index (χ2v) is 6.21. The summed E-state index contributed by atoms with van der Waals surface area (Å²) in [4.78, 5) is 24.0. The highest BCUT2D eigenvalue weighted by molar-refractivity contribution is 7.15. The van der Waals surface area contributed by atoms with E-state index in [2.05, 4.69) is 5.32 Å². The van der Waals surface area contributed by atoms with Gasteiger partial charge in [0.2, 0.25) is 0 Å². The Balaban J connectivity index is 1.96. The first-order valence-electron chi connectivity index (χ1n) is 7.32. The van der Waals surface area contributed by atoms with Gasteiger partial charge in [-0.05, 0) is 24.6 Å². The van der Waals surface area contributed by atoms with Crippen molar-refractivity contribution in [1.29, 1.82) is 0 Å². The topological polar surface area (TPSA) is 69.2 Å². The van der Waals surface area contributed by atoms with Gasteiger partial charge in [-0.15, -0.1) is 11.3 Å². The maximum absolute atomic E-state index is 12.4. The number of benzene rings is 2. The largest absolute Gasteiger partial charge is 0.545 e. The lowest BCUT2D eigenvalue weighted by Gasteiger charge is -2.10. The van der Waals surface area contributed by atoms with Crippen molar-refractivity contribution in [3.05, 3.63) is 76.7 Å². The molecule has 4 nitrogen and oxygen atoms in total. The van der Waals surface area contributed by atoms with Crippen molar-refractivity contribution in [3.63, 3.8) is 0 Å². The summed E-state index contributed by atoms with van der Waals surface area (Å²) in [6.45, 7) is 1.89. The Kier molecular flexibility index (Phi) is 4.44. The Labute approximate surface area is 143 Å². The van der Waals surface area contributed by atoms with E-state index in [4.69, 9.17) is 0 Å². The number of aryl methyl sites for hydroxylation is 1. The van der Waals surface area contributed by atoms with Crippen LogP contribution in [0.5, 0.6) is 0 Å². The lowest BCUT2D eigenvalue weighted by Crippen LogP contribution is -2.24. The molecule has 0 aliphatic heterocycles. The smallest absolute Gasteiger partial charge is 0.256 e. The molecule has 120 valence electrons. The van der Waals surface area contributed by atoms with Crippen molar-refractivity contribution in [2.24, 2.45) is 0 Å². The number of rotatable bonds is 4. The Bertz CT molecular complexity index is 900. The van der Waals surface area contributed by atoms with E-state index in [-0.39, 0.29) is 16.5 Å². The molecule has 3 rings (SSSR count). The second-order valence-electron chi connectivity index (χ2n) is 5.33. The number of hydrogen-bond acceptors (Lipinski definition) is 4. The van der Waals surface area contributed by atoms with Crippen LogP contribution in [0.3, 0.4) is 0 Å². The molecule has 0 aliphatic rings. The zero-order valence-corrected chi connectivity index (χ0v) is 13.7. The average Bonchev–Trinajstić information content (AvgIpc) is 2.99. The van der Waals surface area contributed by atoms with Gasteiger partial charge >= 0.3 is 0 Å². The van der Waals surface area contributed by atoms with Crippen LogP contribution in [-0.4, -0.2) is 11.9 Å². The van der Waals surface area contributed by atoms with Gasteiger partial charge in [0, 0.05) is 22.1 Å². The quantitative estimate of drug-likeness (QED) is 0.794. The first-order chi connectivity index (χ1) is 11.6. The lowest BCUT2D eigenvalue weighted by molar-refractivity contribution is -0.254. The summed E-state index contributed by atoms with van der Waals surface area (Å²) in [5.41, 5.74) is 2.75. The predicted molar refractivity (Wildman–Crippen MR) is 93.2 cm³/mol. The Morgan fingerprint density at radius 3 is 2.46 bits per heavy atom. The highest BCUT2D eigenvalue weighted by Crippen LogP contribution is 2.35. The van der Waals surface area contributed by atoms with Gasteiger partial charge in [-0.2, -0.15) is 0 Å². The Hall–Kier alpha value is -2.92. The van der Waals surface area contributed by atoms with Gasteiger partial charge in [0.15, 0.2) is 0 Å². The molecule has 5 heteroatoms. The summed E-state index contributed by atoms with van der Waals surface area (Å²) in [7, 11) is 0. The molecule has 0 fully saturated rings. The standard InChI is InChI=1S/C19H15NO3S/c1-12-6-5-9-14(10-12)17(21)20-18-16(19(22)23)15(11-24-18)13-7-3-2-4-8-13/h2-11H,1H3,(H,20,21)(H,22,23)/p-1. The maximum Gasteiger partial charge on any atom is 0.256 e. The van der Waals surface area contributed by atoms with Crippen LogP contribution in [0.2, 0.25) is 0 Å². The second kappa shape index (κ2) is 6.68. The average molecular weight is 336 g/mol. The van der Waals surface area contributed by atoms with Gasteiger partial charge < -0.3 is 15.2 Å². The van der Waals surface area contributed by atoms with Crippen LogP contribution in [0.4, 0.5) is 5.00 Å². The van der Waals surface area contributed by atoms with Crippen LogP contribution >= 0.6 is 11.3 Å². The molecule has 0 saturated carbocycles. The van der Waals surface area contributed by atoms with Crippen molar-refractivity contribution in [2.45, 2.75) is 6.92 Å². The van der Waals surface area contributed by atoms with Crippen molar-refractivity contribution >= 4 is 28.2 Å². The molecule has 0 radical (unpaired) electrons. The van der Waals surface area contributed by atoms with Crippen molar-refractivity contribution < 1.29 is 14.7 Å². The van der Waals surface area contributed by atoms with Crippen LogP contribution in [0.1, 0.15) is 26.3 Å². The Morgan fingerprint density at radius 1 is 1.04 bits per heavy atom. The SMILES string of the molecule is Cc1cccc(C(=O)Nc2scc(-c3ccccc3)c2C(=O)[O-])c1. The zero-order chi connectivity index (χ0) is 17.1. The highest BCUT2D eigenvalue weighted by atomic mass is 32.1. The van der Waals surface area contributed by atoms with Gasteiger partial charge in [-0.25, -0.2) is 0 Å². The van der Waals surface area contributed by atoms with Crippen molar-refractivity contribution in [1.82, 2.24) is 0 Å². The minimum atomic E-state index is -1.31. The van der Waals surface area contributed by atoms with Crippen LogP contribution in [-0.2, 0) is 0 Å². The van der Waals surface area contributed by atoms with E-state index < -0.39 is 5.97 Å². The van der Waals surface area contributed by atoms with Gasteiger partial charge in [0.25, 0.3) is 5.91 Å². The number of carboxylic acid groups (broad SMARTS) is 1. The minimum absolute atomic E-state index is 0.00667. The number of thiophene rings is 1. The first kappa shape index (κ1) is 16.0. The molecule has 3 aromatic rings. The molecular weight excluding hydrogens is 322 g/mol. The molecule has 2 aromatic carbocycles. The minimum Gasteiger partial charge on any atom is -0.545 e. The fraction of sp³-hybridized carbons (Fsp3) is 0.0526. The number of carboxylic acids is 1. The third-order valence-corrected chi connectivity index (χ3v) is 4.48. The molecule has 1 aromatic heterocycles. The third kappa shape index (κ3) is 3.21. The van der Waals surface area contributed by atoms with E-state index in [9.17, 15) is 14.7 Å². The van der Waals surface area contributed by atoms with E-state index in [1.54, 1.807) is 23.6 Å². The lowest BCUT2D eigenvalue weighted by atomic mass is 10.0. The molecule has 0 atom stereocenters. The van der Waals surface area contributed by atoms with Crippen molar-refractivity contribution in [2.75, 3.05) is 5.32 Å². The maximum atomic E-state index is 12.4. The molecule has 0 unspecified atom stereocenters. The summed E-state index contributed by atoms with van der Waals surface area (Å²) >= 11 is 1.17. The highest BCUT2D eigenvalue weighted by Gasteiger charge is 2.17. The summed E-state index contributed by atoms with van der Waals surface area (Å²) < 4.78 is 0. The summed E-state index contributed by atoms with van der Waals surface area (Å²) in [5, 5.41) is 16.3. The van der Waals surface area contributed by atoms with E-state index in [1.165, 1.54) is 11.3 Å². The number of aromatic carboxylic acids is 1. The molecule has 0 saturated heterocycles. The number of carbonyl (C=O) groups excluding carboxylic acids is 2. The van der Waals surface area contributed by atoms with Crippen molar-refractivity contribution in [3.8, 4) is 11.1 Å². The van der Waals surface area contributed by atoms with Crippen LogP contribution in [0, 0.1) is 6.92 Å². The van der Waals surface area contributed by atoms with Crippen LogP contribution in [0.25, 0.3) is 11.1 Å². The van der Waals surface area contributed by atoms with Crippen LogP contribution < -0.4 is 10.4 Å². The number of anilines is 1. The Morgan fingerprint density at radius 2 is 1.79 bits per heavy atom. The van der Waals surface area contributed by atoms with Gasteiger partial charge in [-0.1, -0.05) is 48.0 Å². The number of nitrogens with one attached hydrogen (secondary N) is 1. The van der Waals surface area contributed by atoms with Crippen LogP contribution in [0.15, 0.2) is 60.0 Å². The summed E-state index contributed by atoms with van der Waals surface area (Å²) in [5.74, 6) is -1.66. The van der Waals surface area contributed by atoms with Gasteiger partial charge in [0.1, 0.15) is 5.00 Å². The predicted octanol–water partition coefficient (Wildman–Crippen LogP) is 3.34. The molecular formula is C19H14NO3S-. The monoisotopic (exact) mass is 336 g/mol. The molecule has 1 amide bonds. The molecule has 0 aliphatic carbocycles. The summed E-state index contributed by atoms with van der Waals surface area (Å²) in [6.07, 6.45) is 0. The zero-order valence-electron chi connectivity index (χ0n) is 12.9. The van der Waals surface area contributed by atoms with E-state index in [0.29, 0.717) is 11.1 Å².